The van der Waals surface area contributed by atoms with Gasteiger partial charge in [-0.3, -0.25) is 0 Å². The molecule has 0 unspecified atom stereocenters. The van der Waals surface area contributed by atoms with Crippen LogP contribution in [0, 0.1) is 18.8 Å². The molecule has 0 atom stereocenters. The second kappa shape index (κ2) is 8.23. The summed E-state index contributed by atoms with van der Waals surface area (Å²) < 4.78 is 0. The Balaban J connectivity index is 3.50. The Labute approximate surface area is 127 Å². The Kier molecular flexibility index (Phi) is 6.64. The van der Waals surface area contributed by atoms with E-state index < -0.39 is 0 Å². The Hall–Kier alpha value is -2.12. The normalized spacial score (nSPS) is 12.5. The van der Waals surface area contributed by atoms with Crippen molar-refractivity contribution in [3.8, 4) is 11.8 Å². The topological polar surface area (TPSA) is 77.8 Å². The number of rotatable bonds is 4. The Morgan fingerprint density at radius 2 is 2.00 bits per heavy atom. The van der Waals surface area contributed by atoms with Crippen molar-refractivity contribution in [3.05, 3.63) is 34.8 Å². The van der Waals surface area contributed by atoms with E-state index in [2.05, 4.69) is 48.7 Å². The van der Waals surface area contributed by atoms with E-state index in [1.165, 1.54) is 17.5 Å². The molecule has 4 N–H and O–H groups in total. The summed E-state index contributed by atoms with van der Waals surface area (Å²) in [6.45, 7) is 8.64. The zero-order chi connectivity index (χ0) is 15.8. The lowest BCUT2D eigenvalue weighted by Crippen LogP contribution is -2.02. The zero-order valence-corrected chi connectivity index (χ0v) is 13.3. The SMILES string of the molecule is CC/C(C)=C(\C=C(\C#CCN)c1c(C)ncnc1N)CC. The van der Waals surface area contributed by atoms with Crippen LogP contribution >= 0.6 is 0 Å². The summed E-state index contributed by atoms with van der Waals surface area (Å²) in [5, 5.41) is 0. The first-order chi connectivity index (χ1) is 10.0. The molecule has 0 saturated carbocycles. The molecular formula is C17H24N4. The number of nitrogen functional groups attached to an aromatic ring is 1. The van der Waals surface area contributed by atoms with Crippen molar-refractivity contribution in [2.75, 3.05) is 12.3 Å². The van der Waals surface area contributed by atoms with Crippen LogP contribution < -0.4 is 11.5 Å². The van der Waals surface area contributed by atoms with Crippen molar-refractivity contribution >= 4 is 11.4 Å². The standard InChI is InChI=1S/C17H24N4/c1-5-12(3)14(6-2)10-15(8-7-9-18)16-13(4)20-11-21-17(16)19/h10-11H,5-6,9,18H2,1-4H3,(H2,19,20,21)/b14-12-,15-10-. The molecule has 0 radical (unpaired) electrons. The number of hydrogen-bond donors (Lipinski definition) is 2. The lowest BCUT2D eigenvalue weighted by atomic mass is 9.98. The highest BCUT2D eigenvalue weighted by atomic mass is 14.9. The molecule has 0 aromatic carbocycles. The van der Waals surface area contributed by atoms with Crippen molar-refractivity contribution < 1.29 is 0 Å². The molecule has 0 saturated heterocycles. The van der Waals surface area contributed by atoms with Crippen LogP contribution in [0.25, 0.3) is 5.57 Å². The summed E-state index contributed by atoms with van der Waals surface area (Å²) in [6, 6.07) is 0. The maximum atomic E-state index is 6.01. The molecule has 0 aliphatic rings. The Morgan fingerprint density at radius 1 is 1.29 bits per heavy atom. The van der Waals surface area contributed by atoms with Gasteiger partial charge in [0.2, 0.25) is 0 Å². The minimum atomic E-state index is 0.307. The highest BCUT2D eigenvalue weighted by Crippen LogP contribution is 2.25. The fourth-order valence-electron chi connectivity index (χ4n) is 2.07. The molecule has 1 rings (SSSR count). The molecule has 1 aromatic rings. The van der Waals surface area contributed by atoms with E-state index in [-0.39, 0.29) is 0 Å². The number of aromatic nitrogens is 2. The summed E-state index contributed by atoms with van der Waals surface area (Å²) in [4.78, 5) is 8.30. The van der Waals surface area contributed by atoms with E-state index in [1.807, 2.05) is 6.92 Å². The molecule has 1 heterocycles. The number of nitrogens with two attached hydrogens (primary N) is 2. The summed E-state index contributed by atoms with van der Waals surface area (Å²) in [6.07, 6.45) is 5.51. The molecule has 0 spiro atoms. The summed E-state index contributed by atoms with van der Waals surface area (Å²) in [7, 11) is 0. The molecule has 0 fully saturated rings. The van der Waals surface area contributed by atoms with Gasteiger partial charge in [-0.2, -0.15) is 0 Å². The Bertz CT molecular complexity index is 595. The van der Waals surface area contributed by atoms with Crippen LogP contribution in [0.2, 0.25) is 0 Å². The van der Waals surface area contributed by atoms with Crippen molar-refractivity contribution in [1.29, 1.82) is 0 Å². The van der Waals surface area contributed by atoms with Crippen LogP contribution in [0.1, 0.15) is 44.9 Å². The van der Waals surface area contributed by atoms with E-state index >= 15 is 0 Å². The molecular weight excluding hydrogens is 260 g/mol. The van der Waals surface area contributed by atoms with E-state index in [0.717, 1.165) is 29.7 Å². The zero-order valence-electron chi connectivity index (χ0n) is 13.3. The number of allylic oxidation sites excluding steroid dienone is 4. The van der Waals surface area contributed by atoms with Crippen molar-refractivity contribution in [2.24, 2.45) is 5.73 Å². The fraction of sp³-hybridized carbons (Fsp3) is 0.412. The minimum Gasteiger partial charge on any atom is -0.383 e. The molecule has 4 nitrogen and oxygen atoms in total. The lowest BCUT2D eigenvalue weighted by molar-refractivity contribution is 1.02. The predicted octanol–water partition coefficient (Wildman–Crippen LogP) is 2.85. The van der Waals surface area contributed by atoms with Gasteiger partial charge in [-0.15, -0.1) is 0 Å². The third-order valence-corrected chi connectivity index (χ3v) is 3.44. The monoisotopic (exact) mass is 284 g/mol. The summed E-state index contributed by atoms with van der Waals surface area (Å²) in [5.74, 6) is 6.47. The molecule has 0 amide bonds. The first kappa shape index (κ1) is 16.9. The van der Waals surface area contributed by atoms with Gasteiger partial charge in [0.05, 0.1) is 17.8 Å². The van der Waals surface area contributed by atoms with Gasteiger partial charge in [0.15, 0.2) is 0 Å². The van der Waals surface area contributed by atoms with Crippen LogP contribution in [0.3, 0.4) is 0 Å². The van der Waals surface area contributed by atoms with Crippen molar-refractivity contribution in [1.82, 2.24) is 9.97 Å². The summed E-state index contributed by atoms with van der Waals surface area (Å²) >= 11 is 0. The third-order valence-electron chi connectivity index (χ3n) is 3.44. The van der Waals surface area contributed by atoms with Gasteiger partial charge in [-0.1, -0.05) is 31.3 Å². The van der Waals surface area contributed by atoms with Crippen molar-refractivity contribution in [3.63, 3.8) is 0 Å². The van der Waals surface area contributed by atoms with Crippen molar-refractivity contribution in [2.45, 2.75) is 40.5 Å². The maximum absolute atomic E-state index is 6.01. The molecule has 0 aliphatic heterocycles. The third kappa shape index (κ3) is 4.44. The molecule has 4 heteroatoms. The van der Waals surface area contributed by atoms with Gasteiger partial charge >= 0.3 is 0 Å². The highest BCUT2D eigenvalue weighted by molar-refractivity contribution is 5.86. The summed E-state index contributed by atoms with van der Waals surface area (Å²) in [5.41, 5.74) is 16.6. The molecule has 0 aliphatic carbocycles. The molecule has 112 valence electrons. The largest absolute Gasteiger partial charge is 0.383 e. The van der Waals surface area contributed by atoms with Gasteiger partial charge in [-0.05, 0) is 38.3 Å². The van der Waals surface area contributed by atoms with Gasteiger partial charge in [0, 0.05) is 5.57 Å². The van der Waals surface area contributed by atoms with E-state index in [1.54, 1.807) is 0 Å². The van der Waals surface area contributed by atoms with Gasteiger partial charge in [0.1, 0.15) is 12.1 Å². The van der Waals surface area contributed by atoms with Gasteiger partial charge in [-0.25, -0.2) is 9.97 Å². The minimum absolute atomic E-state index is 0.307. The quantitative estimate of drug-likeness (QED) is 0.658. The fourth-order valence-corrected chi connectivity index (χ4v) is 2.07. The highest BCUT2D eigenvalue weighted by Gasteiger charge is 2.10. The van der Waals surface area contributed by atoms with E-state index in [9.17, 15) is 0 Å². The van der Waals surface area contributed by atoms with Crippen LogP contribution in [0.15, 0.2) is 23.5 Å². The lowest BCUT2D eigenvalue weighted by Gasteiger charge is -2.10. The van der Waals surface area contributed by atoms with Gasteiger partial charge < -0.3 is 11.5 Å². The molecule has 0 bridgehead atoms. The maximum Gasteiger partial charge on any atom is 0.135 e. The van der Waals surface area contributed by atoms with E-state index in [4.69, 9.17) is 11.5 Å². The second-order valence-corrected chi connectivity index (χ2v) is 4.80. The predicted molar refractivity (Wildman–Crippen MR) is 89.3 cm³/mol. The Morgan fingerprint density at radius 3 is 2.52 bits per heavy atom. The molecule has 1 aromatic heterocycles. The van der Waals surface area contributed by atoms with Gasteiger partial charge in [0.25, 0.3) is 0 Å². The smallest absolute Gasteiger partial charge is 0.135 e. The first-order valence-electron chi connectivity index (χ1n) is 7.21. The number of hydrogen-bond acceptors (Lipinski definition) is 4. The van der Waals surface area contributed by atoms with Crippen LogP contribution in [-0.2, 0) is 0 Å². The molecule has 21 heavy (non-hydrogen) atoms. The number of nitrogens with zero attached hydrogens (tertiary/aromatic N) is 2. The second-order valence-electron chi connectivity index (χ2n) is 4.80. The number of aryl methyl sites for hydroxylation is 1. The van der Waals surface area contributed by atoms with Crippen LogP contribution in [0.4, 0.5) is 5.82 Å². The van der Waals surface area contributed by atoms with Crippen LogP contribution in [-0.4, -0.2) is 16.5 Å². The average molecular weight is 284 g/mol. The van der Waals surface area contributed by atoms with E-state index in [0.29, 0.717) is 12.4 Å². The average Bonchev–Trinajstić information content (AvgIpc) is 2.48. The first-order valence-corrected chi connectivity index (χ1v) is 7.21. The number of anilines is 1. The van der Waals surface area contributed by atoms with Crippen LogP contribution in [0.5, 0.6) is 0 Å².